The summed E-state index contributed by atoms with van der Waals surface area (Å²) in [5.74, 6) is 0.276. The van der Waals surface area contributed by atoms with E-state index in [9.17, 15) is 13.2 Å². The van der Waals surface area contributed by atoms with Crippen LogP contribution in [0, 0.1) is 5.41 Å². The number of likely N-dealkylation sites (tertiary alicyclic amines) is 1. The van der Waals surface area contributed by atoms with Gasteiger partial charge in [0.05, 0.1) is 12.6 Å². The second-order valence-corrected chi connectivity index (χ2v) is 8.64. The SMILES string of the molecule is N=C1SC(CC(F)(F)F)=C/C1=C(/N)NC1CCN(Cc2cnc3[nH]ncc3c2)CC1. The van der Waals surface area contributed by atoms with Crippen molar-refractivity contribution in [3.05, 3.63) is 46.4 Å². The van der Waals surface area contributed by atoms with E-state index in [-0.39, 0.29) is 21.8 Å². The average molecular weight is 437 g/mol. The van der Waals surface area contributed by atoms with Gasteiger partial charge in [0.2, 0.25) is 0 Å². The predicted molar refractivity (Wildman–Crippen MR) is 111 cm³/mol. The second-order valence-electron chi connectivity index (χ2n) is 7.51. The Balaban J connectivity index is 1.31. The number of rotatable bonds is 5. The number of halogens is 3. The van der Waals surface area contributed by atoms with Crippen molar-refractivity contribution >= 4 is 27.8 Å². The number of H-pyrrole nitrogens is 1. The number of allylic oxidation sites excluding steroid dienone is 2. The van der Waals surface area contributed by atoms with E-state index in [1.165, 1.54) is 6.08 Å². The lowest BCUT2D eigenvalue weighted by Crippen LogP contribution is -2.43. The highest BCUT2D eigenvalue weighted by molar-refractivity contribution is 8.18. The fourth-order valence-electron chi connectivity index (χ4n) is 3.69. The maximum absolute atomic E-state index is 12.6. The zero-order valence-corrected chi connectivity index (χ0v) is 16.9. The van der Waals surface area contributed by atoms with E-state index in [4.69, 9.17) is 11.1 Å². The third-order valence-electron chi connectivity index (χ3n) is 5.15. The molecular weight excluding hydrogens is 415 g/mol. The van der Waals surface area contributed by atoms with Gasteiger partial charge >= 0.3 is 6.18 Å². The lowest BCUT2D eigenvalue weighted by Gasteiger charge is -2.33. The molecule has 0 saturated carbocycles. The Morgan fingerprint density at radius 1 is 1.33 bits per heavy atom. The molecule has 0 aliphatic carbocycles. The van der Waals surface area contributed by atoms with Crippen LogP contribution in [0.4, 0.5) is 13.2 Å². The van der Waals surface area contributed by atoms with Crippen LogP contribution in [-0.2, 0) is 6.54 Å². The van der Waals surface area contributed by atoms with E-state index in [0.717, 1.165) is 60.8 Å². The van der Waals surface area contributed by atoms with E-state index in [0.29, 0.717) is 5.57 Å². The topological polar surface area (TPSA) is 107 Å². The zero-order chi connectivity index (χ0) is 21.3. The van der Waals surface area contributed by atoms with Crippen molar-refractivity contribution in [3.63, 3.8) is 0 Å². The molecule has 7 nitrogen and oxygen atoms in total. The van der Waals surface area contributed by atoms with Crippen molar-refractivity contribution in [2.24, 2.45) is 5.73 Å². The first-order valence-corrected chi connectivity index (χ1v) is 10.4. The van der Waals surface area contributed by atoms with E-state index < -0.39 is 12.6 Å². The lowest BCUT2D eigenvalue weighted by molar-refractivity contribution is -0.125. The third-order valence-corrected chi connectivity index (χ3v) is 6.10. The van der Waals surface area contributed by atoms with Gasteiger partial charge in [0.15, 0.2) is 5.65 Å². The summed E-state index contributed by atoms with van der Waals surface area (Å²) in [6, 6.07) is 2.20. The van der Waals surface area contributed by atoms with E-state index in [1.807, 2.05) is 6.20 Å². The van der Waals surface area contributed by atoms with Crippen LogP contribution in [0.3, 0.4) is 0 Å². The molecule has 11 heteroatoms. The number of nitrogens with two attached hydrogens (primary N) is 1. The van der Waals surface area contributed by atoms with Gasteiger partial charge in [-0.2, -0.15) is 18.3 Å². The molecule has 5 N–H and O–H groups in total. The number of nitrogens with one attached hydrogen (secondary N) is 3. The molecule has 2 aliphatic rings. The molecule has 0 radical (unpaired) electrons. The summed E-state index contributed by atoms with van der Waals surface area (Å²) in [6.45, 7) is 2.53. The minimum absolute atomic E-state index is 0.0545. The van der Waals surface area contributed by atoms with E-state index >= 15 is 0 Å². The molecule has 2 aromatic rings. The molecule has 4 rings (SSSR count). The fraction of sp³-hybridized carbons (Fsp3) is 0.421. The molecule has 0 unspecified atom stereocenters. The van der Waals surface area contributed by atoms with Crippen molar-refractivity contribution in [2.45, 2.75) is 38.0 Å². The molecule has 2 aliphatic heterocycles. The van der Waals surface area contributed by atoms with Gasteiger partial charge in [-0.25, -0.2) is 4.98 Å². The number of piperidine rings is 1. The largest absolute Gasteiger partial charge is 0.393 e. The van der Waals surface area contributed by atoms with Gasteiger partial charge in [-0.05, 0) is 30.5 Å². The van der Waals surface area contributed by atoms with Crippen LogP contribution in [0.25, 0.3) is 11.0 Å². The Kier molecular flexibility index (Phi) is 5.74. The van der Waals surface area contributed by atoms with Gasteiger partial charge in [-0.15, -0.1) is 0 Å². The first-order chi connectivity index (χ1) is 14.3. The quantitative estimate of drug-likeness (QED) is 0.572. The Hall–Kier alpha value is -2.53. The minimum atomic E-state index is -4.29. The zero-order valence-electron chi connectivity index (χ0n) is 16.1. The number of hydrogen-bond donors (Lipinski definition) is 4. The molecule has 1 saturated heterocycles. The summed E-state index contributed by atoms with van der Waals surface area (Å²) in [5, 5.41) is 19.0. The number of nitrogens with zero attached hydrogens (tertiary/aromatic N) is 3. The highest BCUT2D eigenvalue weighted by atomic mass is 32.2. The molecule has 0 spiro atoms. The molecule has 2 aromatic heterocycles. The van der Waals surface area contributed by atoms with Crippen LogP contribution in [-0.4, -0.2) is 50.4 Å². The number of thioether (sulfide) groups is 1. The van der Waals surface area contributed by atoms with Crippen LogP contribution in [0.1, 0.15) is 24.8 Å². The molecular formula is C19H22F3N7S. The molecule has 4 heterocycles. The summed E-state index contributed by atoms with van der Waals surface area (Å²) in [4.78, 5) is 6.80. The number of alkyl halides is 3. The Morgan fingerprint density at radius 2 is 2.10 bits per heavy atom. The van der Waals surface area contributed by atoms with Crippen LogP contribution in [0.15, 0.2) is 40.8 Å². The molecule has 0 amide bonds. The summed E-state index contributed by atoms with van der Waals surface area (Å²) in [7, 11) is 0. The van der Waals surface area contributed by atoms with Crippen molar-refractivity contribution < 1.29 is 13.2 Å². The first kappa shape index (κ1) is 20.7. The highest BCUT2D eigenvalue weighted by Crippen LogP contribution is 2.38. The van der Waals surface area contributed by atoms with Crippen molar-refractivity contribution in [1.29, 1.82) is 5.41 Å². The number of pyridine rings is 1. The van der Waals surface area contributed by atoms with Crippen molar-refractivity contribution in [2.75, 3.05) is 13.1 Å². The summed E-state index contributed by atoms with van der Waals surface area (Å²) < 4.78 is 37.8. The fourth-order valence-corrected chi connectivity index (χ4v) is 4.64. The first-order valence-electron chi connectivity index (χ1n) is 9.57. The van der Waals surface area contributed by atoms with Crippen LogP contribution >= 0.6 is 11.8 Å². The summed E-state index contributed by atoms with van der Waals surface area (Å²) in [5.41, 5.74) is 8.33. The summed E-state index contributed by atoms with van der Waals surface area (Å²) >= 11 is 0.820. The molecule has 0 aromatic carbocycles. The van der Waals surface area contributed by atoms with Gasteiger partial charge in [-0.1, -0.05) is 11.8 Å². The van der Waals surface area contributed by atoms with Crippen LogP contribution in [0.5, 0.6) is 0 Å². The van der Waals surface area contributed by atoms with Gasteiger partial charge in [0.1, 0.15) is 10.9 Å². The molecule has 160 valence electrons. The maximum Gasteiger partial charge on any atom is 0.393 e. The average Bonchev–Trinajstić information content (AvgIpc) is 3.27. The molecule has 1 fully saturated rings. The number of aromatic nitrogens is 3. The van der Waals surface area contributed by atoms with Crippen LogP contribution < -0.4 is 11.1 Å². The molecule has 30 heavy (non-hydrogen) atoms. The number of fused-ring (bicyclic) bond motifs is 1. The Labute approximate surface area is 175 Å². The lowest BCUT2D eigenvalue weighted by atomic mass is 10.0. The van der Waals surface area contributed by atoms with Gasteiger partial charge in [0.25, 0.3) is 0 Å². The van der Waals surface area contributed by atoms with Gasteiger partial charge < -0.3 is 11.1 Å². The number of hydrogen-bond acceptors (Lipinski definition) is 7. The van der Waals surface area contributed by atoms with E-state index in [2.05, 4.69) is 31.5 Å². The smallest absolute Gasteiger partial charge is 0.385 e. The minimum Gasteiger partial charge on any atom is -0.385 e. The van der Waals surface area contributed by atoms with Crippen molar-refractivity contribution in [1.82, 2.24) is 25.4 Å². The van der Waals surface area contributed by atoms with Gasteiger partial charge in [-0.3, -0.25) is 15.4 Å². The maximum atomic E-state index is 12.6. The Bertz CT molecular complexity index is 1000. The molecule has 0 bridgehead atoms. The van der Waals surface area contributed by atoms with Crippen molar-refractivity contribution in [3.8, 4) is 0 Å². The highest BCUT2D eigenvalue weighted by Gasteiger charge is 2.33. The number of aromatic amines is 1. The van der Waals surface area contributed by atoms with E-state index in [1.54, 1.807) is 6.20 Å². The third kappa shape index (κ3) is 4.96. The van der Waals surface area contributed by atoms with Crippen LogP contribution in [0.2, 0.25) is 0 Å². The Morgan fingerprint density at radius 3 is 2.83 bits per heavy atom. The normalized spacial score (nSPS) is 20.6. The predicted octanol–water partition coefficient (Wildman–Crippen LogP) is 3.24. The monoisotopic (exact) mass is 437 g/mol. The summed E-state index contributed by atoms with van der Waals surface area (Å²) in [6.07, 6.45) is 1.37. The second kappa shape index (κ2) is 8.31. The molecule has 0 atom stereocenters. The van der Waals surface area contributed by atoms with Gasteiger partial charge in [0, 0.05) is 47.7 Å². The standard InChI is InChI=1S/C19H22F3N7S/c20-19(21,22)7-14-6-15(17(24)30-14)16(23)27-13-1-3-29(4-2-13)10-11-5-12-9-26-28-18(12)25-8-11/h5-6,8-9,13,24,27H,1-4,7,10,23H2,(H,25,26,28)/b16-15+,24-17?.